The number of benzene rings is 1. The molecule has 3 N–H and O–H groups in total. The minimum absolute atomic E-state index is 0.239. The van der Waals surface area contributed by atoms with E-state index in [9.17, 15) is 9.59 Å². The van der Waals surface area contributed by atoms with Crippen LogP contribution in [0.2, 0.25) is 0 Å². The molecule has 0 saturated carbocycles. The average Bonchev–Trinajstić information content (AvgIpc) is 3.19. The Hall–Kier alpha value is -2.32. The molecule has 0 radical (unpaired) electrons. The van der Waals surface area contributed by atoms with Crippen LogP contribution < -0.4 is 16.0 Å². The van der Waals surface area contributed by atoms with E-state index in [2.05, 4.69) is 29.8 Å². The van der Waals surface area contributed by atoms with Crippen LogP contribution in [-0.2, 0) is 14.2 Å². The van der Waals surface area contributed by atoms with Crippen LogP contribution >= 0.6 is 0 Å². The van der Waals surface area contributed by atoms with Crippen LogP contribution in [0.4, 0.5) is 15.3 Å². The molecule has 2 fully saturated rings. The molecule has 0 bridgehead atoms. The fourth-order valence-electron chi connectivity index (χ4n) is 3.31. The highest BCUT2D eigenvalue weighted by molar-refractivity contribution is 5.84. The number of rotatable bonds is 5. The van der Waals surface area contributed by atoms with Crippen LogP contribution in [0.3, 0.4) is 0 Å². The second kappa shape index (κ2) is 8.58. The molecule has 0 spiro atoms. The van der Waals surface area contributed by atoms with Crippen LogP contribution in [0.1, 0.15) is 32.3 Å². The van der Waals surface area contributed by atoms with Gasteiger partial charge < -0.3 is 24.8 Å². The maximum absolute atomic E-state index is 12.2. The van der Waals surface area contributed by atoms with Crippen molar-refractivity contribution in [2.45, 2.75) is 51.0 Å². The molecule has 0 aromatic heterocycles. The number of carbonyl (C=O) groups is 2. The molecule has 148 valence electrons. The lowest BCUT2D eigenvalue weighted by Crippen LogP contribution is -2.48. The molecule has 1 aromatic carbocycles. The van der Waals surface area contributed by atoms with Crippen molar-refractivity contribution in [1.82, 2.24) is 10.6 Å². The Morgan fingerprint density at radius 1 is 1.15 bits per heavy atom. The smallest absolute Gasteiger partial charge is 0.412 e. The van der Waals surface area contributed by atoms with Gasteiger partial charge in [0.05, 0.1) is 19.3 Å². The molecule has 1 aromatic rings. The number of ether oxygens (including phenoxy) is 3. The molecule has 2 saturated heterocycles. The summed E-state index contributed by atoms with van der Waals surface area (Å²) in [6.45, 7) is 7.18. The Balaban J connectivity index is 1.50. The van der Waals surface area contributed by atoms with Crippen molar-refractivity contribution in [3.05, 3.63) is 29.8 Å². The third kappa shape index (κ3) is 4.70. The standard InChI is InChI=1S/C19H27N3O5/c1-4-20-18(23)22-14-9-25-17-15(10-26-16(14)17)27-19(24)21-13-7-5-12(6-8-13)11(2)3/h5-8,11,14-17H,4,9-10H2,1-3H3,(H,21,24)(H2,20,22,23). The fraction of sp³-hybridized carbons (Fsp3) is 0.579. The van der Waals surface area contributed by atoms with E-state index < -0.39 is 12.2 Å². The van der Waals surface area contributed by atoms with E-state index in [-0.39, 0.29) is 30.9 Å². The summed E-state index contributed by atoms with van der Waals surface area (Å²) in [6.07, 6.45) is -1.77. The molecule has 2 heterocycles. The van der Waals surface area contributed by atoms with Gasteiger partial charge in [-0.1, -0.05) is 26.0 Å². The Morgan fingerprint density at radius 2 is 1.85 bits per heavy atom. The van der Waals surface area contributed by atoms with E-state index in [1.807, 2.05) is 31.2 Å². The summed E-state index contributed by atoms with van der Waals surface area (Å²) in [4.78, 5) is 23.9. The van der Waals surface area contributed by atoms with Gasteiger partial charge in [0.25, 0.3) is 0 Å². The zero-order chi connectivity index (χ0) is 19.4. The Morgan fingerprint density at radius 3 is 2.52 bits per heavy atom. The first kappa shape index (κ1) is 19.4. The molecule has 2 aliphatic heterocycles. The zero-order valence-electron chi connectivity index (χ0n) is 15.9. The lowest BCUT2D eigenvalue weighted by molar-refractivity contribution is 0.00872. The van der Waals surface area contributed by atoms with Gasteiger partial charge in [-0.25, -0.2) is 9.59 Å². The van der Waals surface area contributed by atoms with Crippen molar-refractivity contribution in [2.24, 2.45) is 0 Å². The van der Waals surface area contributed by atoms with Crippen LogP contribution in [-0.4, -0.2) is 56.2 Å². The molecule has 3 amide bonds. The first-order chi connectivity index (χ1) is 13.0. The van der Waals surface area contributed by atoms with Crippen molar-refractivity contribution in [2.75, 3.05) is 25.1 Å². The quantitative estimate of drug-likeness (QED) is 0.731. The molecule has 8 nitrogen and oxygen atoms in total. The average molecular weight is 377 g/mol. The molecule has 4 atom stereocenters. The van der Waals surface area contributed by atoms with E-state index in [0.717, 1.165) is 0 Å². The number of amides is 3. The van der Waals surface area contributed by atoms with Crippen molar-refractivity contribution in [3.8, 4) is 0 Å². The van der Waals surface area contributed by atoms with Crippen molar-refractivity contribution in [3.63, 3.8) is 0 Å². The molecule has 3 rings (SSSR count). The topological polar surface area (TPSA) is 97.9 Å². The normalized spacial score (nSPS) is 26.5. The monoisotopic (exact) mass is 377 g/mol. The van der Waals surface area contributed by atoms with Gasteiger partial charge in [0.15, 0.2) is 6.10 Å². The number of fused-ring (bicyclic) bond motifs is 1. The zero-order valence-corrected chi connectivity index (χ0v) is 15.9. The summed E-state index contributed by atoms with van der Waals surface area (Å²) >= 11 is 0. The lowest BCUT2D eigenvalue weighted by Gasteiger charge is -2.18. The highest BCUT2D eigenvalue weighted by Crippen LogP contribution is 2.29. The summed E-state index contributed by atoms with van der Waals surface area (Å²) in [6, 6.07) is 7.13. The first-order valence-electron chi connectivity index (χ1n) is 9.33. The summed E-state index contributed by atoms with van der Waals surface area (Å²) in [5.74, 6) is 0.430. The molecule has 2 aliphatic rings. The van der Waals surface area contributed by atoms with Gasteiger partial charge in [0.1, 0.15) is 12.2 Å². The van der Waals surface area contributed by atoms with E-state index in [1.54, 1.807) is 0 Å². The number of carbonyl (C=O) groups excluding carboxylic acids is 2. The lowest BCUT2D eigenvalue weighted by atomic mass is 10.0. The van der Waals surface area contributed by atoms with Crippen LogP contribution in [0.5, 0.6) is 0 Å². The Bertz CT molecular complexity index is 664. The molecule has 27 heavy (non-hydrogen) atoms. The molecule has 4 unspecified atom stereocenters. The number of urea groups is 1. The number of hydrogen-bond acceptors (Lipinski definition) is 5. The van der Waals surface area contributed by atoms with Crippen LogP contribution in [0.15, 0.2) is 24.3 Å². The predicted molar refractivity (Wildman–Crippen MR) is 99.9 cm³/mol. The molecule has 0 aliphatic carbocycles. The maximum Gasteiger partial charge on any atom is 0.412 e. The van der Waals surface area contributed by atoms with Crippen molar-refractivity contribution < 1.29 is 23.8 Å². The summed E-state index contributed by atoms with van der Waals surface area (Å²) in [7, 11) is 0. The van der Waals surface area contributed by atoms with E-state index in [0.29, 0.717) is 24.8 Å². The van der Waals surface area contributed by atoms with E-state index >= 15 is 0 Å². The van der Waals surface area contributed by atoms with Crippen molar-refractivity contribution in [1.29, 1.82) is 0 Å². The van der Waals surface area contributed by atoms with Crippen molar-refractivity contribution >= 4 is 17.8 Å². The highest BCUT2D eigenvalue weighted by Gasteiger charge is 2.50. The number of hydrogen-bond donors (Lipinski definition) is 3. The van der Waals surface area contributed by atoms with Crippen LogP contribution in [0, 0.1) is 0 Å². The van der Waals surface area contributed by atoms with Gasteiger partial charge >= 0.3 is 12.1 Å². The van der Waals surface area contributed by atoms with Gasteiger partial charge in [-0.05, 0) is 30.5 Å². The predicted octanol–water partition coefficient (Wildman–Crippen LogP) is 2.21. The van der Waals surface area contributed by atoms with Gasteiger partial charge in [-0.2, -0.15) is 0 Å². The molecular formula is C19H27N3O5. The van der Waals surface area contributed by atoms with E-state index in [4.69, 9.17) is 14.2 Å². The molecular weight excluding hydrogens is 350 g/mol. The first-order valence-corrected chi connectivity index (χ1v) is 9.33. The Kier molecular flexibility index (Phi) is 6.18. The van der Waals surface area contributed by atoms with Gasteiger partial charge in [-0.3, -0.25) is 5.32 Å². The molecule has 8 heteroatoms. The highest BCUT2D eigenvalue weighted by atomic mass is 16.6. The van der Waals surface area contributed by atoms with Gasteiger partial charge in [-0.15, -0.1) is 0 Å². The van der Waals surface area contributed by atoms with Gasteiger partial charge in [0, 0.05) is 12.2 Å². The van der Waals surface area contributed by atoms with Gasteiger partial charge in [0.2, 0.25) is 0 Å². The second-order valence-corrected chi connectivity index (χ2v) is 7.05. The third-order valence-corrected chi connectivity index (χ3v) is 4.74. The second-order valence-electron chi connectivity index (χ2n) is 7.05. The SMILES string of the molecule is CCNC(=O)NC1COC2C(OC(=O)Nc3ccc(C(C)C)cc3)COC12. The maximum atomic E-state index is 12.2. The summed E-state index contributed by atoms with van der Waals surface area (Å²) in [5.41, 5.74) is 1.87. The number of anilines is 1. The Labute approximate surface area is 158 Å². The largest absolute Gasteiger partial charge is 0.441 e. The summed E-state index contributed by atoms with van der Waals surface area (Å²) < 4.78 is 16.9. The minimum atomic E-state index is -0.551. The number of nitrogens with one attached hydrogen (secondary N) is 3. The fourth-order valence-corrected chi connectivity index (χ4v) is 3.31. The minimum Gasteiger partial charge on any atom is -0.441 e. The van der Waals surface area contributed by atoms with Crippen LogP contribution in [0.25, 0.3) is 0 Å². The van der Waals surface area contributed by atoms with E-state index in [1.165, 1.54) is 5.56 Å². The summed E-state index contributed by atoms with van der Waals surface area (Å²) in [5, 5.41) is 8.22. The third-order valence-electron chi connectivity index (χ3n) is 4.74.